The van der Waals surface area contributed by atoms with E-state index in [4.69, 9.17) is 0 Å². The Hall–Kier alpha value is -1.90. The van der Waals surface area contributed by atoms with E-state index in [0.717, 1.165) is 5.75 Å². The summed E-state index contributed by atoms with van der Waals surface area (Å²) in [5.41, 5.74) is 1.01. The van der Waals surface area contributed by atoms with E-state index in [1.165, 1.54) is 16.9 Å². The van der Waals surface area contributed by atoms with Crippen LogP contribution in [0.5, 0.6) is 0 Å². The fourth-order valence-corrected chi connectivity index (χ4v) is 4.00. The van der Waals surface area contributed by atoms with Gasteiger partial charge < -0.3 is 10.6 Å². The zero-order chi connectivity index (χ0) is 16.8. The third kappa shape index (κ3) is 5.05. The quantitative estimate of drug-likeness (QED) is 0.734. The number of amides is 2. The van der Waals surface area contributed by atoms with Gasteiger partial charge in [-0.2, -0.15) is 0 Å². The number of thiazole rings is 1. The molecule has 0 bridgehead atoms. The maximum Gasteiger partial charge on any atom is 0.227 e. The van der Waals surface area contributed by atoms with Crippen LogP contribution in [0.2, 0.25) is 0 Å². The van der Waals surface area contributed by atoms with Crippen LogP contribution in [0.4, 0.5) is 5.13 Å². The largest absolute Gasteiger partial charge is 0.332 e. The second-order valence-corrected chi connectivity index (χ2v) is 7.39. The van der Waals surface area contributed by atoms with Crippen molar-refractivity contribution >= 4 is 40.0 Å². The summed E-state index contributed by atoms with van der Waals surface area (Å²) in [5, 5.41) is 11.4. The SMILES string of the molecule is O=C(CC1CC(=O)NC(SCc2ccccc2)N1)Nc1nccs1. The number of rotatable bonds is 6. The molecule has 2 heterocycles. The molecule has 2 amide bonds. The van der Waals surface area contributed by atoms with Crippen LogP contribution in [-0.4, -0.2) is 28.3 Å². The summed E-state index contributed by atoms with van der Waals surface area (Å²) < 4.78 is 0. The number of nitrogens with zero attached hydrogens (tertiary/aromatic N) is 1. The summed E-state index contributed by atoms with van der Waals surface area (Å²) >= 11 is 2.98. The number of anilines is 1. The highest BCUT2D eigenvalue weighted by Crippen LogP contribution is 2.19. The summed E-state index contributed by atoms with van der Waals surface area (Å²) in [6, 6.07) is 9.90. The zero-order valence-corrected chi connectivity index (χ0v) is 14.5. The maximum absolute atomic E-state index is 12.0. The molecule has 0 saturated carbocycles. The van der Waals surface area contributed by atoms with Crippen LogP contribution in [0.25, 0.3) is 0 Å². The van der Waals surface area contributed by atoms with Gasteiger partial charge in [-0.05, 0) is 5.56 Å². The minimum atomic E-state index is -0.191. The third-order valence-electron chi connectivity index (χ3n) is 3.48. The van der Waals surface area contributed by atoms with Crippen LogP contribution < -0.4 is 16.0 Å². The van der Waals surface area contributed by atoms with Crippen molar-refractivity contribution in [3.05, 3.63) is 47.5 Å². The molecule has 3 N–H and O–H groups in total. The van der Waals surface area contributed by atoms with E-state index in [9.17, 15) is 9.59 Å². The molecule has 0 spiro atoms. The number of benzene rings is 1. The molecule has 0 aliphatic carbocycles. The summed E-state index contributed by atoms with van der Waals surface area (Å²) in [5.74, 6) is 0.618. The molecule has 126 valence electrons. The van der Waals surface area contributed by atoms with Gasteiger partial charge in [-0.3, -0.25) is 14.9 Å². The molecule has 24 heavy (non-hydrogen) atoms. The van der Waals surface area contributed by atoms with E-state index in [1.54, 1.807) is 23.3 Å². The molecule has 2 unspecified atom stereocenters. The number of carbonyl (C=O) groups is 2. The third-order valence-corrected chi connectivity index (χ3v) is 5.26. The lowest BCUT2D eigenvalue weighted by atomic mass is 10.1. The van der Waals surface area contributed by atoms with E-state index in [1.807, 2.05) is 18.2 Å². The molecule has 1 aromatic heterocycles. The Balaban J connectivity index is 1.49. The van der Waals surface area contributed by atoms with Gasteiger partial charge in [0.25, 0.3) is 0 Å². The molecule has 1 aliphatic rings. The van der Waals surface area contributed by atoms with Gasteiger partial charge in [0, 0.05) is 36.2 Å². The van der Waals surface area contributed by atoms with Crippen LogP contribution in [0.3, 0.4) is 0 Å². The summed E-state index contributed by atoms with van der Waals surface area (Å²) in [6.07, 6.45) is 2.19. The van der Waals surface area contributed by atoms with E-state index < -0.39 is 0 Å². The normalized spacial score (nSPS) is 20.4. The molecule has 2 atom stereocenters. The first-order chi connectivity index (χ1) is 11.7. The van der Waals surface area contributed by atoms with Gasteiger partial charge in [0.1, 0.15) is 5.50 Å². The average Bonchev–Trinajstić information content (AvgIpc) is 3.06. The fourth-order valence-electron chi connectivity index (χ4n) is 2.40. The van der Waals surface area contributed by atoms with Gasteiger partial charge in [-0.1, -0.05) is 30.3 Å². The number of hydrogen-bond acceptors (Lipinski definition) is 6. The maximum atomic E-state index is 12.0. The van der Waals surface area contributed by atoms with Crippen LogP contribution in [-0.2, 0) is 15.3 Å². The molecule has 3 rings (SSSR count). The number of nitrogens with one attached hydrogen (secondary N) is 3. The van der Waals surface area contributed by atoms with E-state index >= 15 is 0 Å². The molecule has 1 saturated heterocycles. The summed E-state index contributed by atoms with van der Waals surface area (Å²) in [6.45, 7) is 0. The van der Waals surface area contributed by atoms with Crippen molar-refractivity contribution in [2.24, 2.45) is 0 Å². The Kier molecular flexibility index (Phi) is 5.84. The minimum Gasteiger partial charge on any atom is -0.332 e. The number of aromatic nitrogens is 1. The molecular weight excluding hydrogens is 344 g/mol. The van der Waals surface area contributed by atoms with Crippen molar-refractivity contribution in [1.82, 2.24) is 15.6 Å². The van der Waals surface area contributed by atoms with Crippen molar-refractivity contribution < 1.29 is 9.59 Å². The van der Waals surface area contributed by atoms with E-state index in [2.05, 4.69) is 33.1 Å². The average molecular weight is 362 g/mol. The van der Waals surface area contributed by atoms with Crippen molar-refractivity contribution in [2.45, 2.75) is 30.1 Å². The van der Waals surface area contributed by atoms with Gasteiger partial charge in [0.15, 0.2) is 5.13 Å². The predicted octanol–water partition coefficient (Wildman–Crippen LogP) is 2.17. The molecular formula is C16H18N4O2S2. The van der Waals surface area contributed by atoms with Gasteiger partial charge in [-0.15, -0.1) is 23.1 Å². The van der Waals surface area contributed by atoms with Crippen molar-refractivity contribution in [1.29, 1.82) is 0 Å². The van der Waals surface area contributed by atoms with Crippen LogP contribution in [0, 0.1) is 0 Å². The molecule has 8 heteroatoms. The Bertz CT molecular complexity index is 679. The van der Waals surface area contributed by atoms with Gasteiger partial charge in [0.05, 0.1) is 0 Å². The van der Waals surface area contributed by atoms with Gasteiger partial charge >= 0.3 is 0 Å². The highest BCUT2D eigenvalue weighted by Gasteiger charge is 2.27. The Labute approximate surface area is 148 Å². The molecule has 6 nitrogen and oxygen atoms in total. The molecule has 1 aromatic carbocycles. The highest BCUT2D eigenvalue weighted by atomic mass is 32.2. The number of carbonyl (C=O) groups excluding carboxylic acids is 2. The molecule has 2 aromatic rings. The summed E-state index contributed by atoms with van der Waals surface area (Å²) in [4.78, 5) is 28.0. The van der Waals surface area contributed by atoms with Crippen molar-refractivity contribution in [3.63, 3.8) is 0 Å². The summed E-state index contributed by atoms with van der Waals surface area (Å²) in [7, 11) is 0. The Morgan fingerprint density at radius 2 is 2.21 bits per heavy atom. The predicted molar refractivity (Wildman–Crippen MR) is 96.6 cm³/mol. The molecule has 0 radical (unpaired) electrons. The van der Waals surface area contributed by atoms with Crippen molar-refractivity contribution in [3.8, 4) is 0 Å². The fraction of sp³-hybridized carbons (Fsp3) is 0.312. The molecule has 1 aliphatic heterocycles. The minimum absolute atomic E-state index is 0.0358. The number of thioether (sulfide) groups is 1. The van der Waals surface area contributed by atoms with Crippen LogP contribution >= 0.6 is 23.1 Å². The van der Waals surface area contributed by atoms with E-state index in [-0.39, 0.29) is 29.8 Å². The monoisotopic (exact) mass is 362 g/mol. The second-order valence-electron chi connectivity index (χ2n) is 5.40. The first-order valence-electron chi connectivity index (χ1n) is 7.59. The lowest BCUT2D eigenvalue weighted by Crippen LogP contribution is -2.55. The number of hydrogen-bond donors (Lipinski definition) is 3. The van der Waals surface area contributed by atoms with E-state index in [0.29, 0.717) is 11.6 Å². The standard InChI is InChI=1S/C16H18N4O2S2/c21-13(19-15-17-6-7-23-15)8-12-9-14(22)20-16(18-12)24-10-11-4-2-1-3-5-11/h1-7,12,16,18H,8-10H2,(H,20,22)(H,17,19,21). The van der Waals surface area contributed by atoms with Crippen LogP contribution in [0.15, 0.2) is 41.9 Å². The van der Waals surface area contributed by atoms with Crippen molar-refractivity contribution in [2.75, 3.05) is 5.32 Å². The van der Waals surface area contributed by atoms with Crippen LogP contribution in [0.1, 0.15) is 18.4 Å². The highest BCUT2D eigenvalue weighted by molar-refractivity contribution is 7.99. The zero-order valence-electron chi connectivity index (χ0n) is 12.9. The first kappa shape index (κ1) is 16.9. The lowest BCUT2D eigenvalue weighted by Gasteiger charge is -2.30. The lowest BCUT2D eigenvalue weighted by molar-refractivity contribution is -0.124. The smallest absolute Gasteiger partial charge is 0.227 e. The first-order valence-corrected chi connectivity index (χ1v) is 9.52. The molecule has 1 fully saturated rings. The Morgan fingerprint density at radius 1 is 1.38 bits per heavy atom. The topological polar surface area (TPSA) is 83.1 Å². The second kappa shape index (κ2) is 8.27. The van der Waals surface area contributed by atoms with Gasteiger partial charge in [-0.25, -0.2) is 4.98 Å². The van der Waals surface area contributed by atoms with Gasteiger partial charge in [0.2, 0.25) is 11.8 Å². The Morgan fingerprint density at radius 3 is 2.96 bits per heavy atom.